The molecule has 6 nitrogen and oxygen atoms in total. The molecule has 7 heteroatoms. The van der Waals surface area contributed by atoms with Gasteiger partial charge >= 0.3 is 0 Å². The van der Waals surface area contributed by atoms with Gasteiger partial charge in [0.1, 0.15) is 9.88 Å². The first-order chi connectivity index (χ1) is 11.7. The fourth-order valence-electron chi connectivity index (χ4n) is 3.06. The van der Waals surface area contributed by atoms with E-state index >= 15 is 0 Å². The number of thiazole rings is 1. The zero-order valence-electron chi connectivity index (χ0n) is 13.4. The minimum Gasteiger partial charge on any atom is -0.454 e. The lowest BCUT2D eigenvalue weighted by molar-refractivity contribution is 0.0929. The number of aromatic nitrogens is 1. The third kappa shape index (κ3) is 3.09. The van der Waals surface area contributed by atoms with Crippen LogP contribution < -0.4 is 20.1 Å². The van der Waals surface area contributed by atoms with Gasteiger partial charge in [0.25, 0.3) is 5.91 Å². The fourth-order valence-corrected chi connectivity index (χ4v) is 3.88. The average Bonchev–Trinajstić information content (AvgIpc) is 3.23. The van der Waals surface area contributed by atoms with Gasteiger partial charge < -0.3 is 20.1 Å². The average molecular weight is 345 g/mol. The van der Waals surface area contributed by atoms with E-state index in [1.165, 1.54) is 11.3 Å². The minimum atomic E-state index is -0.0430. The molecule has 0 radical (unpaired) electrons. The number of nitrogens with zero attached hydrogens (tertiary/aromatic N) is 1. The molecule has 2 aliphatic heterocycles. The summed E-state index contributed by atoms with van der Waals surface area (Å²) < 4.78 is 10.7. The Balaban J connectivity index is 1.47. The summed E-state index contributed by atoms with van der Waals surface area (Å²) in [6.45, 7) is 3.33. The number of piperidine rings is 1. The molecule has 1 aromatic carbocycles. The highest BCUT2D eigenvalue weighted by atomic mass is 32.1. The Morgan fingerprint density at radius 1 is 1.38 bits per heavy atom. The van der Waals surface area contributed by atoms with Gasteiger partial charge in [0.2, 0.25) is 6.79 Å². The maximum Gasteiger partial charge on any atom is 0.263 e. The predicted molar refractivity (Wildman–Crippen MR) is 91.6 cm³/mol. The van der Waals surface area contributed by atoms with Gasteiger partial charge in [0, 0.05) is 17.6 Å². The van der Waals surface area contributed by atoms with Crippen LogP contribution in [0.5, 0.6) is 11.5 Å². The molecule has 0 bridgehead atoms. The number of ether oxygens (including phenoxy) is 2. The summed E-state index contributed by atoms with van der Waals surface area (Å²) in [5.41, 5.74) is 0.929. The maximum atomic E-state index is 12.4. The largest absolute Gasteiger partial charge is 0.454 e. The topological polar surface area (TPSA) is 72.5 Å². The van der Waals surface area contributed by atoms with Crippen molar-refractivity contribution in [2.45, 2.75) is 31.8 Å². The smallest absolute Gasteiger partial charge is 0.263 e. The molecule has 4 rings (SSSR count). The first kappa shape index (κ1) is 15.4. The zero-order valence-corrected chi connectivity index (χ0v) is 14.2. The number of carbonyl (C=O) groups is 1. The van der Waals surface area contributed by atoms with E-state index in [0.717, 1.165) is 41.5 Å². The number of carbonyl (C=O) groups excluding carboxylic acids is 1. The highest BCUT2D eigenvalue weighted by molar-refractivity contribution is 7.16. The molecule has 126 valence electrons. The summed E-state index contributed by atoms with van der Waals surface area (Å²) in [7, 11) is 0. The van der Waals surface area contributed by atoms with Gasteiger partial charge in [-0.05, 0) is 44.5 Å². The second-order valence-corrected chi connectivity index (χ2v) is 7.18. The van der Waals surface area contributed by atoms with Crippen molar-refractivity contribution in [2.24, 2.45) is 0 Å². The van der Waals surface area contributed by atoms with Gasteiger partial charge in [-0.3, -0.25) is 4.79 Å². The number of fused-ring (bicyclic) bond motifs is 1. The molecule has 2 aliphatic rings. The summed E-state index contributed by atoms with van der Waals surface area (Å²) in [5.74, 6) is 1.42. The standard InChI is InChI=1S/C17H19N3O3S/c1-10-6-12(4-5-18-10)20-16(21)15-8-19-17(24-15)11-2-3-13-14(7-11)23-9-22-13/h2-3,7-8,10,12,18H,4-6,9H2,1H3,(H,20,21). The predicted octanol–water partition coefficient (Wildman–Crippen LogP) is 2.41. The highest BCUT2D eigenvalue weighted by Gasteiger charge is 2.22. The van der Waals surface area contributed by atoms with E-state index < -0.39 is 0 Å². The fraction of sp³-hybridized carbons (Fsp3) is 0.412. The first-order valence-electron chi connectivity index (χ1n) is 8.09. The van der Waals surface area contributed by atoms with Crippen molar-refractivity contribution < 1.29 is 14.3 Å². The lowest BCUT2D eigenvalue weighted by Crippen LogP contribution is -2.46. The molecule has 0 aliphatic carbocycles. The van der Waals surface area contributed by atoms with Crippen LogP contribution in [-0.4, -0.2) is 36.3 Å². The Bertz CT molecular complexity index is 761. The van der Waals surface area contributed by atoms with Crippen molar-refractivity contribution in [1.82, 2.24) is 15.6 Å². The molecular weight excluding hydrogens is 326 g/mol. The van der Waals surface area contributed by atoms with Gasteiger partial charge in [0.05, 0.1) is 6.20 Å². The molecule has 1 aromatic heterocycles. The normalized spacial score (nSPS) is 22.4. The van der Waals surface area contributed by atoms with E-state index in [0.29, 0.717) is 10.9 Å². The Morgan fingerprint density at radius 2 is 2.25 bits per heavy atom. The molecule has 0 saturated carbocycles. The van der Waals surface area contributed by atoms with Crippen molar-refractivity contribution in [3.05, 3.63) is 29.3 Å². The highest BCUT2D eigenvalue weighted by Crippen LogP contribution is 2.36. The zero-order chi connectivity index (χ0) is 16.5. The molecule has 1 saturated heterocycles. The number of amides is 1. The molecule has 0 spiro atoms. The molecule has 2 aromatic rings. The lowest BCUT2D eigenvalue weighted by Gasteiger charge is -2.28. The quantitative estimate of drug-likeness (QED) is 0.894. The van der Waals surface area contributed by atoms with E-state index in [-0.39, 0.29) is 18.7 Å². The maximum absolute atomic E-state index is 12.4. The van der Waals surface area contributed by atoms with Gasteiger partial charge in [0.15, 0.2) is 11.5 Å². The first-order valence-corrected chi connectivity index (χ1v) is 8.91. The van der Waals surface area contributed by atoms with Crippen molar-refractivity contribution in [3.8, 4) is 22.1 Å². The molecule has 1 fully saturated rings. The van der Waals surface area contributed by atoms with E-state index in [9.17, 15) is 4.79 Å². The van der Waals surface area contributed by atoms with Crippen LogP contribution in [0, 0.1) is 0 Å². The number of rotatable bonds is 3. The van der Waals surface area contributed by atoms with Gasteiger partial charge in [-0.15, -0.1) is 11.3 Å². The summed E-state index contributed by atoms with van der Waals surface area (Å²) in [6.07, 6.45) is 3.56. The number of nitrogens with one attached hydrogen (secondary N) is 2. The molecule has 2 unspecified atom stereocenters. The second kappa shape index (κ2) is 6.41. The Kier molecular flexibility index (Phi) is 4.12. The van der Waals surface area contributed by atoms with E-state index in [1.54, 1.807) is 6.20 Å². The van der Waals surface area contributed by atoms with Gasteiger partial charge in [-0.1, -0.05) is 0 Å². The summed E-state index contributed by atoms with van der Waals surface area (Å²) >= 11 is 1.39. The second-order valence-electron chi connectivity index (χ2n) is 6.15. The van der Waals surface area contributed by atoms with E-state index in [2.05, 4.69) is 22.5 Å². The van der Waals surface area contributed by atoms with Crippen molar-refractivity contribution in [1.29, 1.82) is 0 Å². The van der Waals surface area contributed by atoms with Crippen molar-refractivity contribution >= 4 is 17.2 Å². The molecule has 1 amide bonds. The molecule has 24 heavy (non-hydrogen) atoms. The van der Waals surface area contributed by atoms with Crippen LogP contribution in [0.2, 0.25) is 0 Å². The van der Waals surface area contributed by atoms with E-state index in [1.807, 2.05) is 18.2 Å². The van der Waals surface area contributed by atoms with Crippen molar-refractivity contribution in [2.75, 3.05) is 13.3 Å². The van der Waals surface area contributed by atoms with Crippen LogP contribution in [0.4, 0.5) is 0 Å². The van der Waals surface area contributed by atoms with Gasteiger partial charge in [-0.2, -0.15) is 0 Å². The number of hydrogen-bond acceptors (Lipinski definition) is 6. The van der Waals surface area contributed by atoms with Crippen LogP contribution in [0.1, 0.15) is 29.4 Å². The number of hydrogen-bond donors (Lipinski definition) is 2. The molecule has 2 atom stereocenters. The molecular formula is C17H19N3O3S. The number of benzene rings is 1. The molecule has 3 heterocycles. The minimum absolute atomic E-state index is 0.0430. The third-order valence-corrected chi connectivity index (χ3v) is 5.35. The van der Waals surface area contributed by atoms with Crippen LogP contribution in [0.3, 0.4) is 0 Å². The Labute approximate surface area is 144 Å². The lowest BCUT2D eigenvalue weighted by atomic mass is 10.0. The third-order valence-electron chi connectivity index (χ3n) is 4.31. The molecule has 2 N–H and O–H groups in total. The summed E-state index contributed by atoms with van der Waals surface area (Å²) in [6, 6.07) is 6.37. The Morgan fingerprint density at radius 3 is 3.12 bits per heavy atom. The monoisotopic (exact) mass is 345 g/mol. The van der Waals surface area contributed by atoms with E-state index in [4.69, 9.17) is 9.47 Å². The van der Waals surface area contributed by atoms with Crippen LogP contribution >= 0.6 is 11.3 Å². The van der Waals surface area contributed by atoms with Crippen LogP contribution in [0.15, 0.2) is 24.4 Å². The summed E-state index contributed by atoms with van der Waals surface area (Å²) in [5, 5.41) is 7.31. The SMILES string of the molecule is CC1CC(NC(=O)c2cnc(-c3ccc4c(c3)OCO4)s2)CCN1. The summed E-state index contributed by atoms with van der Waals surface area (Å²) in [4.78, 5) is 17.5. The van der Waals surface area contributed by atoms with Gasteiger partial charge in [-0.25, -0.2) is 4.98 Å². The van der Waals surface area contributed by atoms with Crippen molar-refractivity contribution in [3.63, 3.8) is 0 Å². The van der Waals surface area contributed by atoms with Crippen LogP contribution in [-0.2, 0) is 0 Å². The van der Waals surface area contributed by atoms with Crippen LogP contribution in [0.25, 0.3) is 10.6 Å². The Hall–Kier alpha value is -2.12.